The lowest BCUT2D eigenvalue weighted by Crippen LogP contribution is -2.72. The van der Waals surface area contributed by atoms with Gasteiger partial charge in [-0.05, 0) is 73.8 Å². The monoisotopic (exact) mass is 380 g/mol. The summed E-state index contributed by atoms with van der Waals surface area (Å²) in [5, 5.41) is 11.5. The Morgan fingerprint density at radius 3 is 2.75 bits per heavy atom. The number of halogens is 1. The first-order valence-corrected chi connectivity index (χ1v) is 10.6. The first-order chi connectivity index (χ1) is 13.4. The number of aliphatic hydroxyl groups is 1. The van der Waals surface area contributed by atoms with Crippen molar-refractivity contribution >= 4 is 6.08 Å². The molecule has 2 heterocycles. The highest BCUT2D eigenvalue weighted by molar-refractivity contribution is 5.73. The van der Waals surface area contributed by atoms with E-state index in [2.05, 4.69) is 36.4 Å². The molecule has 3 aliphatic rings. The van der Waals surface area contributed by atoms with Crippen LogP contribution in [0.2, 0.25) is 0 Å². The summed E-state index contributed by atoms with van der Waals surface area (Å²) in [6.07, 6.45) is 8.49. The maximum absolute atomic E-state index is 13.3. The minimum atomic E-state index is -0.550. The topological polar surface area (TPSA) is 38.0 Å². The van der Waals surface area contributed by atoms with Crippen molar-refractivity contribution in [1.29, 1.82) is 0 Å². The zero-order chi connectivity index (χ0) is 19.7. The second-order valence-electron chi connectivity index (χ2n) is 9.58. The normalized spacial score (nSPS) is 33.6. The van der Waals surface area contributed by atoms with E-state index in [4.69, 9.17) is 0 Å². The molecule has 3 nitrogen and oxygen atoms in total. The molecule has 0 amide bonds. The molecule has 1 spiro atoms. The molecule has 0 bridgehead atoms. The van der Waals surface area contributed by atoms with Gasteiger partial charge >= 0.3 is 0 Å². The van der Waals surface area contributed by atoms with E-state index in [0.29, 0.717) is 11.8 Å². The van der Waals surface area contributed by atoms with Crippen LogP contribution >= 0.6 is 0 Å². The molecule has 1 aromatic heterocycles. The Morgan fingerprint density at radius 2 is 2.04 bits per heavy atom. The largest absolute Gasteiger partial charge is 0.389 e. The summed E-state index contributed by atoms with van der Waals surface area (Å²) in [5.74, 6) is 0.861. The summed E-state index contributed by atoms with van der Waals surface area (Å²) < 4.78 is 15.6. The predicted octanol–water partition coefficient (Wildman–Crippen LogP) is 5.30. The van der Waals surface area contributed by atoms with E-state index in [1.807, 2.05) is 6.33 Å². The molecule has 1 aliphatic heterocycles. The zero-order valence-corrected chi connectivity index (χ0v) is 17.0. The van der Waals surface area contributed by atoms with Crippen LogP contribution in [-0.2, 0) is 6.54 Å². The van der Waals surface area contributed by atoms with E-state index in [1.165, 1.54) is 17.7 Å². The second kappa shape index (κ2) is 6.03. The Kier molecular flexibility index (Phi) is 3.90. The van der Waals surface area contributed by atoms with Crippen molar-refractivity contribution in [2.45, 2.75) is 58.6 Å². The quantitative estimate of drug-likeness (QED) is 0.785. The van der Waals surface area contributed by atoms with E-state index >= 15 is 0 Å². The maximum atomic E-state index is 13.3. The molecule has 0 radical (unpaired) electrons. The summed E-state index contributed by atoms with van der Waals surface area (Å²) in [7, 11) is 0. The molecule has 0 saturated heterocycles. The molecular weight excluding hydrogens is 351 g/mol. The summed E-state index contributed by atoms with van der Waals surface area (Å²) >= 11 is 0. The zero-order valence-electron chi connectivity index (χ0n) is 17.0. The van der Waals surface area contributed by atoms with Crippen molar-refractivity contribution in [3.05, 3.63) is 47.7 Å². The van der Waals surface area contributed by atoms with Gasteiger partial charge in [-0.15, -0.1) is 0 Å². The Morgan fingerprint density at radius 1 is 1.29 bits per heavy atom. The van der Waals surface area contributed by atoms with Gasteiger partial charge in [0.25, 0.3) is 0 Å². The van der Waals surface area contributed by atoms with Crippen LogP contribution in [-0.4, -0.2) is 20.3 Å². The van der Waals surface area contributed by atoms with Gasteiger partial charge < -0.3 is 9.67 Å². The Labute approximate surface area is 166 Å². The van der Waals surface area contributed by atoms with Crippen LogP contribution in [0, 0.1) is 29.0 Å². The predicted molar refractivity (Wildman–Crippen MR) is 109 cm³/mol. The fraction of sp³-hybridized carbons (Fsp3) is 0.542. The van der Waals surface area contributed by atoms with Crippen molar-refractivity contribution in [3.63, 3.8) is 0 Å². The minimum absolute atomic E-state index is 0.0651. The number of fused-ring (bicyclic) bond motifs is 1. The fourth-order valence-corrected chi connectivity index (χ4v) is 6.61. The second-order valence-corrected chi connectivity index (χ2v) is 9.58. The number of nitrogens with zero attached hydrogens (tertiary/aromatic N) is 2. The lowest BCUT2D eigenvalue weighted by atomic mass is 9.37. The molecule has 2 fully saturated rings. The Hall–Kier alpha value is -1.94. The fourth-order valence-electron chi connectivity index (χ4n) is 6.61. The summed E-state index contributed by atoms with van der Waals surface area (Å²) in [6, 6.07) is 6.60. The summed E-state index contributed by atoms with van der Waals surface area (Å²) in [5.41, 5.74) is 4.00. The van der Waals surface area contributed by atoms with Gasteiger partial charge in [0.1, 0.15) is 5.82 Å². The van der Waals surface area contributed by atoms with Crippen molar-refractivity contribution in [1.82, 2.24) is 9.55 Å². The molecule has 2 saturated carbocycles. The van der Waals surface area contributed by atoms with Crippen LogP contribution < -0.4 is 0 Å². The minimum Gasteiger partial charge on any atom is -0.389 e. The summed E-state index contributed by atoms with van der Waals surface area (Å²) in [4.78, 5) is 4.68. The number of imidazole rings is 1. The average Bonchev–Trinajstić information content (AvgIpc) is 3.07. The van der Waals surface area contributed by atoms with Gasteiger partial charge in [-0.25, -0.2) is 9.37 Å². The van der Waals surface area contributed by atoms with Gasteiger partial charge in [0.05, 0.1) is 23.3 Å². The first kappa shape index (κ1) is 18.1. The molecule has 1 aromatic carbocycles. The molecule has 2 aliphatic carbocycles. The highest BCUT2D eigenvalue weighted by Gasteiger charge is 2.70. The lowest BCUT2D eigenvalue weighted by Gasteiger charge is -2.70. The van der Waals surface area contributed by atoms with Gasteiger partial charge in [0, 0.05) is 17.5 Å². The number of rotatable bonds is 3. The number of hydrogen-bond acceptors (Lipinski definition) is 2. The van der Waals surface area contributed by atoms with Gasteiger partial charge in [0.2, 0.25) is 0 Å². The molecule has 148 valence electrons. The average molecular weight is 381 g/mol. The van der Waals surface area contributed by atoms with E-state index in [1.54, 1.807) is 12.1 Å². The third kappa shape index (κ3) is 2.27. The molecule has 1 N–H and O–H groups in total. The number of allylic oxidation sites excluding steroid dienone is 1. The van der Waals surface area contributed by atoms with Crippen LogP contribution in [0.4, 0.5) is 4.39 Å². The van der Waals surface area contributed by atoms with Crippen LogP contribution in [0.1, 0.15) is 52.1 Å². The highest BCUT2D eigenvalue weighted by Crippen LogP contribution is 2.70. The Bertz CT molecular complexity index is 944. The van der Waals surface area contributed by atoms with Crippen molar-refractivity contribution in [2.24, 2.45) is 23.2 Å². The third-order valence-electron chi connectivity index (χ3n) is 7.76. The van der Waals surface area contributed by atoms with Crippen molar-refractivity contribution in [2.75, 3.05) is 0 Å². The van der Waals surface area contributed by atoms with E-state index in [0.717, 1.165) is 49.2 Å². The standard InChI is InChI=1S/C24H29FN2O/c1-15(2)12-24(28)16(3)23-13-27-14-26-22(17-7-9-19(25)10-8-17)20(27)11-18(23)5-4-6-21(23)24/h7-11,14-16,21,28H,4-6,12-13H2,1-3H3/t16?,21-,23+,24-/m0/s1. The van der Waals surface area contributed by atoms with Gasteiger partial charge in [-0.3, -0.25) is 0 Å². The van der Waals surface area contributed by atoms with Crippen LogP contribution in [0.25, 0.3) is 17.3 Å². The lowest BCUT2D eigenvalue weighted by molar-refractivity contribution is -0.255. The molecule has 2 aromatic rings. The van der Waals surface area contributed by atoms with Gasteiger partial charge in [0.15, 0.2) is 0 Å². The SMILES string of the molecule is CC(C)C[C@]1(O)C(C)[C@]23Cn4cnc(-c5ccc(F)cc5)c4C=C2CCC[C@@H]31. The van der Waals surface area contributed by atoms with Crippen LogP contribution in [0.3, 0.4) is 0 Å². The molecule has 28 heavy (non-hydrogen) atoms. The molecule has 4 atom stereocenters. The number of hydrogen-bond donors (Lipinski definition) is 1. The molecule has 1 unspecified atom stereocenters. The van der Waals surface area contributed by atoms with Crippen molar-refractivity contribution in [3.8, 4) is 11.3 Å². The third-order valence-corrected chi connectivity index (χ3v) is 7.76. The van der Waals surface area contributed by atoms with Gasteiger partial charge in [-0.1, -0.05) is 26.3 Å². The van der Waals surface area contributed by atoms with Crippen LogP contribution in [0.15, 0.2) is 36.2 Å². The smallest absolute Gasteiger partial charge is 0.123 e. The number of benzene rings is 1. The van der Waals surface area contributed by atoms with E-state index < -0.39 is 5.60 Å². The molecule has 4 heteroatoms. The highest BCUT2D eigenvalue weighted by atomic mass is 19.1. The van der Waals surface area contributed by atoms with Crippen LogP contribution in [0.5, 0.6) is 0 Å². The Balaban J connectivity index is 1.55. The number of aromatic nitrogens is 2. The van der Waals surface area contributed by atoms with Crippen molar-refractivity contribution < 1.29 is 9.50 Å². The van der Waals surface area contributed by atoms with E-state index in [9.17, 15) is 9.50 Å². The maximum Gasteiger partial charge on any atom is 0.123 e. The first-order valence-electron chi connectivity index (χ1n) is 10.6. The van der Waals surface area contributed by atoms with E-state index in [-0.39, 0.29) is 17.2 Å². The summed E-state index contributed by atoms with van der Waals surface area (Å²) in [6.45, 7) is 7.56. The van der Waals surface area contributed by atoms with Gasteiger partial charge in [-0.2, -0.15) is 0 Å². The molecule has 5 rings (SSSR count). The molecular formula is C24H29FN2O.